The Hall–Kier alpha value is -1.70. The van der Waals surface area contributed by atoms with Gasteiger partial charge in [-0.15, -0.1) is 0 Å². The van der Waals surface area contributed by atoms with E-state index in [1.165, 1.54) is 0 Å². The topological polar surface area (TPSA) is 80.3 Å². The van der Waals surface area contributed by atoms with Gasteiger partial charge in [-0.25, -0.2) is 4.98 Å². The molecule has 1 aliphatic heterocycles. The number of pyridine rings is 1. The molecule has 2 N–H and O–H groups in total. The van der Waals surface area contributed by atoms with Crippen molar-refractivity contribution >= 4 is 24.2 Å². The quantitative estimate of drug-likeness (QED) is 0.847. The molecule has 2 aromatic rings. The molecular formula is C15H20BN3O3. The van der Waals surface area contributed by atoms with E-state index in [4.69, 9.17) is 9.31 Å². The van der Waals surface area contributed by atoms with Gasteiger partial charge in [0.2, 0.25) is 0 Å². The predicted octanol–water partition coefficient (Wildman–Crippen LogP) is 1.96. The van der Waals surface area contributed by atoms with Gasteiger partial charge in [-0.1, -0.05) is 0 Å². The Morgan fingerprint density at radius 1 is 1.32 bits per heavy atom. The van der Waals surface area contributed by atoms with E-state index in [1.54, 1.807) is 6.20 Å². The van der Waals surface area contributed by atoms with Crippen molar-refractivity contribution in [1.82, 2.24) is 15.2 Å². The van der Waals surface area contributed by atoms with Crippen molar-refractivity contribution in [3.05, 3.63) is 29.5 Å². The Bertz CT molecular complexity index is 708. The number of hydrogen-bond acceptors (Lipinski definition) is 5. The molecule has 3 heterocycles. The molecule has 0 aromatic carbocycles. The summed E-state index contributed by atoms with van der Waals surface area (Å²) in [6.07, 6.45) is 3.51. The number of rotatable bonds is 3. The second-order valence-corrected chi connectivity index (χ2v) is 6.48. The van der Waals surface area contributed by atoms with Gasteiger partial charge in [0.15, 0.2) is 5.65 Å². The van der Waals surface area contributed by atoms with E-state index in [1.807, 2.05) is 45.9 Å². The van der Waals surface area contributed by atoms with Gasteiger partial charge in [0.1, 0.15) is 0 Å². The smallest absolute Gasteiger partial charge is 0.400 e. The van der Waals surface area contributed by atoms with Crippen LogP contribution in [0.25, 0.3) is 17.1 Å². The maximum atomic E-state index is 9.72. The van der Waals surface area contributed by atoms with Crippen LogP contribution in [0.1, 0.15) is 33.4 Å². The average molecular weight is 301 g/mol. The van der Waals surface area contributed by atoms with Crippen LogP contribution in [0.2, 0.25) is 0 Å². The highest BCUT2D eigenvalue weighted by Crippen LogP contribution is 2.38. The van der Waals surface area contributed by atoms with Gasteiger partial charge >= 0.3 is 7.12 Å². The van der Waals surface area contributed by atoms with Crippen molar-refractivity contribution in [3.8, 4) is 0 Å². The number of nitrogens with one attached hydrogen (secondary N) is 1. The minimum absolute atomic E-state index is 0.155. The van der Waals surface area contributed by atoms with E-state index in [9.17, 15) is 5.11 Å². The van der Waals surface area contributed by atoms with Gasteiger partial charge in [0.05, 0.1) is 23.5 Å². The first-order valence-corrected chi connectivity index (χ1v) is 7.30. The van der Waals surface area contributed by atoms with E-state index in [0.29, 0.717) is 11.1 Å². The number of aliphatic hydroxyl groups excluding tert-OH is 1. The molecule has 2 aromatic heterocycles. The van der Waals surface area contributed by atoms with E-state index in [0.717, 1.165) is 11.1 Å². The number of hydrogen-bond donors (Lipinski definition) is 2. The summed E-state index contributed by atoms with van der Waals surface area (Å²) in [6.45, 7) is 7.78. The predicted molar refractivity (Wildman–Crippen MR) is 85.0 cm³/mol. The summed E-state index contributed by atoms with van der Waals surface area (Å²) < 4.78 is 12.0. The Labute approximate surface area is 129 Å². The third kappa shape index (κ3) is 2.45. The first-order chi connectivity index (χ1) is 10.3. The molecule has 3 rings (SSSR count). The van der Waals surface area contributed by atoms with Crippen molar-refractivity contribution < 1.29 is 14.4 Å². The van der Waals surface area contributed by atoms with Crippen LogP contribution in [0, 0.1) is 0 Å². The Morgan fingerprint density at radius 3 is 2.64 bits per heavy atom. The molecule has 22 heavy (non-hydrogen) atoms. The molecule has 0 radical (unpaired) electrons. The van der Waals surface area contributed by atoms with Crippen LogP contribution >= 0.6 is 0 Å². The number of aromatic amines is 1. The molecule has 0 atom stereocenters. The lowest BCUT2D eigenvalue weighted by Crippen LogP contribution is -2.41. The van der Waals surface area contributed by atoms with Gasteiger partial charge in [0, 0.05) is 11.6 Å². The Morgan fingerprint density at radius 2 is 2.00 bits per heavy atom. The minimum Gasteiger partial charge on any atom is -0.400 e. The lowest BCUT2D eigenvalue weighted by molar-refractivity contribution is 0.00578. The highest BCUT2D eigenvalue weighted by atomic mass is 16.7. The fraction of sp³-hybridized carbons (Fsp3) is 0.467. The van der Waals surface area contributed by atoms with Crippen LogP contribution in [0.3, 0.4) is 0 Å². The number of fused-ring (bicyclic) bond motifs is 1. The van der Waals surface area contributed by atoms with Crippen molar-refractivity contribution in [1.29, 1.82) is 0 Å². The Balaban J connectivity index is 1.95. The molecule has 1 aliphatic rings. The minimum atomic E-state index is -0.579. The highest BCUT2D eigenvalue weighted by molar-refractivity contribution is 6.55. The van der Waals surface area contributed by atoms with Crippen molar-refractivity contribution in [2.45, 2.75) is 38.9 Å². The molecule has 116 valence electrons. The number of nitrogens with zero attached hydrogens (tertiary/aromatic N) is 2. The van der Waals surface area contributed by atoms with Gasteiger partial charge in [-0.3, -0.25) is 5.10 Å². The molecule has 0 spiro atoms. The second kappa shape index (κ2) is 5.19. The molecule has 0 aliphatic carbocycles. The standard InChI is InChI=1S/C15H20BN3O3/c1-14(2)15(3,4)22-16(21-14)10(9-20)8-12-11-6-5-7-17-13(11)19-18-12/h5-8,20H,9H2,1-4H3,(H,17,18,19). The summed E-state index contributed by atoms with van der Waals surface area (Å²) in [5.74, 6) is 0. The van der Waals surface area contributed by atoms with Crippen LogP contribution in [0.5, 0.6) is 0 Å². The molecule has 0 amide bonds. The Kier molecular flexibility index (Phi) is 3.59. The molecule has 6 nitrogen and oxygen atoms in total. The van der Waals surface area contributed by atoms with Crippen LogP contribution in [-0.4, -0.2) is 45.2 Å². The normalized spacial score (nSPS) is 20.8. The van der Waals surface area contributed by atoms with Gasteiger partial charge in [0.25, 0.3) is 0 Å². The highest BCUT2D eigenvalue weighted by Gasteiger charge is 2.52. The van der Waals surface area contributed by atoms with E-state index >= 15 is 0 Å². The molecule has 7 heteroatoms. The molecule has 1 saturated heterocycles. The number of aliphatic hydroxyl groups is 1. The van der Waals surface area contributed by atoms with Gasteiger partial charge < -0.3 is 14.4 Å². The first kappa shape index (κ1) is 15.2. The maximum absolute atomic E-state index is 9.72. The molecule has 0 unspecified atom stereocenters. The molecular weight excluding hydrogens is 281 g/mol. The van der Waals surface area contributed by atoms with Crippen LogP contribution in [0.4, 0.5) is 0 Å². The van der Waals surface area contributed by atoms with Crippen molar-refractivity contribution in [3.63, 3.8) is 0 Å². The lowest BCUT2D eigenvalue weighted by atomic mass is 9.78. The summed E-state index contributed by atoms with van der Waals surface area (Å²) in [6, 6.07) is 3.78. The third-order valence-electron chi connectivity index (χ3n) is 4.43. The second-order valence-electron chi connectivity index (χ2n) is 6.48. The number of aromatic nitrogens is 3. The molecule has 0 bridgehead atoms. The summed E-state index contributed by atoms with van der Waals surface area (Å²) in [5, 5.41) is 17.7. The average Bonchev–Trinajstić information content (AvgIpc) is 2.95. The van der Waals surface area contributed by atoms with E-state index in [-0.39, 0.29) is 6.61 Å². The number of H-pyrrole nitrogens is 1. The van der Waals surface area contributed by atoms with Crippen LogP contribution in [0.15, 0.2) is 23.8 Å². The first-order valence-electron chi connectivity index (χ1n) is 7.30. The lowest BCUT2D eigenvalue weighted by Gasteiger charge is -2.32. The summed E-state index contributed by atoms with van der Waals surface area (Å²) in [7, 11) is -0.579. The van der Waals surface area contributed by atoms with Crippen molar-refractivity contribution in [2.24, 2.45) is 0 Å². The third-order valence-corrected chi connectivity index (χ3v) is 4.43. The monoisotopic (exact) mass is 301 g/mol. The zero-order valence-electron chi connectivity index (χ0n) is 13.3. The summed E-state index contributed by atoms with van der Waals surface area (Å²) in [4.78, 5) is 4.18. The van der Waals surface area contributed by atoms with Crippen LogP contribution in [-0.2, 0) is 9.31 Å². The molecule has 1 fully saturated rings. The SMILES string of the molecule is CC1(C)OB(C(=Cc2[nH]nc3ncccc23)CO)OC1(C)C. The van der Waals surface area contributed by atoms with E-state index < -0.39 is 18.3 Å². The maximum Gasteiger partial charge on any atom is 0.492 e. The largest absolute Gasteiger partial charge is 0.492 e. The summed E-state index contributed by atoms with van der Waals surface area (Å²) in [5.41, 5.74) is 1.18. The van der Waals surface area contributed by atoms with Crippen molar-refractivity contribution in [2.75, 3.05) is 6.61 Å². The zero-order chi connectivity index (χ0) is 16.0. The van der Waals surface area contributed by atoms with Crippen LogP contribution < -0.4 is 0 Å². The fourth-order valence-corrected chi connectivity index (χ4v) is 2.35. The molecule has 0 saturated carbocycles. The van der Waals surface area contributed by atoms with Gasteiger partial charge in [-0.05, 0) is 51.4 Å². The zero-order valence-corrected chi connectivity index (χ0v) is 13.3. The summed E-state index contributed by atoms with van der Waals surface area (Å²) >= 11 is 0. The van der Waals surface area contributed by atoms with E-state index in [2.05, 4.69) is 15.2 Å². The fourth-order valence-electron chi connectivity index (χ4n) is 2.35. The van der Waals surface area contributed by atoms with Gasteiger partial charge in [-0.2, -0.15) is 5.10 Å².